The van der Waals surface area contributed by atoms with E-state index >= 15 is 0 Å². The van der Waals surface area contributed by atoms with Crippen molar-refractivity contribution in [1.82, 2.24) is 0 Å². The van der Waals surface area contributed by atoms with Crippen LogP contribution in [0, 0.1) is 0 Å². The third-order valence-electron chi connectivity index (χ3n) is 13.7. The van der Waals surface area contributed by atoms with Gasteiger partial charge in [-0.25, -0.2) is 0 Å². The van der Waals surface area contributed by atoms with Crippen LogP contribution < -0.4 is 0 Å². The fourth-order valence-electron chi connectivity index (χ4n) is 8.72. The van der Waals surface area contributed by atoms with Crippen molar-refractivity contribution in [3.63, 3.8) is 0 Å². The van der Waals surface area contributed by atoms with E-state index in [1.807, 2.05) is 0 Å². The lowest BCUT2D eigenvalue weighted by atomic mass is 10.0. The summed E-state index contributed by atoms with van der Waals surface area (Å²) in [7, 11) is 0. The molecule has 83 heavy (non-hydrogen) atoms. The van der Waals surface area contributed by atoms with Crippen LogP contribution in [0.4, 0.5) is 0 Å². The quantitative estimate of drug-likeness (QED) is 0.0261. The maximum atomic E-state index is 12.9. The van der Waals surface area contributed by atoms with E-state index in [4.69, 9.17) is 14.2 Å². The summed E-state index contributed by atoms with van der Waals surface area (Å²) in [6.07, 6.45) is 102. The molecule has 0 aromatic rings. The summed E-state index contributed by atoms with van der Waals surface area (Å²) in [5.74, 6) is -0.947. The van der Waals surface area contributed by atoms with E-state index in [0.717, 1.165) is 180 Å². The Kier molecular flexibility index (Phi) is 64.9. The molecule has 0 spiro atoms. The lowest BCUT2D eigenvalue weighted by Gasteiger charge is -2.18. The van der Waals surface area contributed by atoms with Crippen LogP contribution in [-0.2, 0) is 28.6 Å². The first kappa shape index (κ1) is 77.8. The normalized spacial score (nSPS) is 13.2. The van der Waals surface area contributed by atoms with Gasteiger partial charge in [0.25, 0.3) is 0 Å². The fourth-order valence-corrected chi connectivity index (χ4v) is 8.72. The number of hydrogen-bond donors (Lipinski definition) is 0. The average molecular weight is 1140 g/mol. The Morgan fingerprint density at radius 3 is 0.735 bits per heavy atom. The maximum absolute atomic E-state index is 12.9. The predicted molar refractivity (Wildman–Crippen MR) is 361 cm³/mol. The summed E-state index contributed by atoms with van der Waals surface area (Å²) < 4.78 is 16.9. The molecule has 1 unspecified atom stereocenters. The second-order valence-corrected chi connectivity index (χ2v) is 21.6. The summed E-state index contributed by atoms with van der Waals surface area (Å²) in [6, 6.07) is 0. The number of allylic oxidation sites excluding steroid dienone is 28. The summed E-state index contributed by atoms with van der Waals surface area (Å²) in [5.41, 5.74) is 0. The molecule has 0 radical (unpaired) electrons. The first-order valence-electron chi connectivity index (χ1n) is 33.6. The molecule has 6 heteroatoms. The molecule has 1 atom stereocenters. The number of hydrogen-bond acceptors (Lipinski definition) is 6. The van der Waals surface area contributed by atoms with Gasteiger partial charge in [0.2, 0.25) is 0 Å². The number of esters is 3. The van der Waals surface area contributed by atoms with Gasteiger partial charge in [-0.3, -0.25) is 14.4 Å². The minimum absolute atomic E-state index is 0.102. The van der Waals surface area contributed by atoms with E-state index in [-0.39, 0.29) is 31.1 Å². The first-order chi connectivity index (χ1) is 41.0. The van der Waals surface area contributed by atoms with E-state index in [2.05, 4.69) is 191 Å². The SMILES string of the molecule is CC/C=C\C/C=C\C/C=C\C/C=C\C/C=C\C/C=C\C/C=C\C/C=C\CCCCCCC(=O)OCC(COC(=O)CCCCCCC/C=C\C/C=C\CCC)OC(=O)CCCCCCCCCCCC/C=C\C/C=C\C/C=C\C/C=C\CC. The van der Waals surface area contributed by atoms with Gasteiger partial charge in [0.05, 0.1) is 0 Å². The zero-order chi connectivity index (χ0) is 59.9. The highest BCUT2D eigenvalue weighted by Gasteiger charge is 2.19. The van der Waals surface area contributed by atoms with Crippen LogP contribution in [0.5, 0.6) is 0 Å². The molecule has 0 saturated heterocycles. The average Bonchev–Trinajstić information content (AvgIpc) is 3.49. The number of unbranched alkanes of at least 4 members (excludes halogenated alkanes) is 20. The van der Waals surface area contributed by atoms with Crippen LogP contribution >= 0.6 is 0 Å². The van der Waals surface area contributed by atoms with Crippen molar-refractivity contribution in [2.24, 2.45) is 0 Å². The highest BCUT2D eigenvalue weighted by Crippen LogP contribution is 2.15. The molecule has 0 fully saturated rings. The van der Waals surface area contributed by atoms with Gasteiger partial charge < -0.3 is 14.2 Å². The molecule has 0 N–H and O–H groups in total. The molecular formula is C77H122O6. The highest BCUT2D eigenvalue weighted by molar-refractivity contribution is 5.71. The Morgan fingerprint density at radius 1 is 0.253 bits per heavy atom. The molecule has 0 aromatic heterocycles. The topological polar surface area (TPSA) is 78.9 Å². The van der Waals surface area contributed by atoms with E-state index in [1.54, 1.807) is 0 Å². The van der Waals surface area contributed by atoms with Gasteiger partial charge in [-0.1, -0.05) is 281 Å². The van der Waals surface area contributed by atoms with Crippen molar-refractivity contribution >= 4 is 17.9 Å². The van der Waals surface area contributed by atoms with Crippen molar-refractivity contribution in [2.45, 2.75) is 284 Å². The second-order valence-electron chi connectivity index (χ2n) is 21.6. The van der Waals surface area contributed by atoms with Gasteiger partial charge in [-0.2, -0.15) is 0 Å². The largest absolute Gasteiger partial charge is 0.462 e. The Labute approximate surface area is 511 Å². The molecule has 6 nitrogen and oxygen atoms in total. The van der Waals surface area contributed by atoms with Crippen LogP contribution in [0.2, 0.25) is 0 Å². The smallest absolute Gasteiger partial charge is 0.306 e. The molecule has 0 heterocycles. The standard InChI is InChI=1S/C77H122O6/c1-4-7-10-13-16-19-22-25-27-29-31-33-35-36-37-38-39-40-42-43-45-47-49-52-55-58-61-64-67-70-76(79)82-73-74(72-81-75(78)69-66-63-60-57-54-51-24-21-18-15-12-9-6-3)83-77(80)71-68-65-62-59-56-53-50-48-46-44-41-34-32-30-28-26-23-20-17-14-11-8-5-2/h7-8,10-12,15-17,19-21,24-28,31-34,36-37,39-40,43,45,49,52,74H,4-6,9,13-14,18,22-23,29-30,35,38,41-42,44,46-48,50-51,53-73H2,1-3H3/b10-7-,11-8-,15-12-,19-16-,20-17-,24-21-,27-25-,28-26-,33-31-,34-32-,37-36-,40-39-,45-43-,52-49-. The van der Waals surface area contributed by atoms with Gasteiger partial charge in [-0.05, 0) is 148 Å². The van der Waals surface area contributed by atoms with Crippen LogP contribution in [0.25, 0.3) is 0 Å². The highest BCUT2D eigenvalue weighted by atomic mass is 16.6. The monoisotopic (exact) mass is 1140 g/mol. The zero-order valence-electron chi connectivity index (χ0n) is 53.4. The lowest BCUT2D eigenvalue weighted by Crippen LogP contribution is -2.30. The summed E-state index contributed by atoms with van der Waals surface area (Å²) >= 11 is 0. The van der Waals surface area contributed by atoms with Crippen molar-refractivity contribution in [1.29, 1.82) is 0 Å². The van der Waals surface area contributed by atoms with Crippen LogP contribution in [-0.4, -0.2) is 37.2 Å². The van der Waals surface area contributed by atoms with Crippen LogP contribution in [0.3, 0.4) is 0 Å². The van der Waals surface area contributed by atoms with Crippen LogP contribution in [0.15, 0.2) is 170 Å². The maximum Gasteiger partial charge on any atom is 0.306 e. The Hall–Kier alpha value is -5.23. The second kappa shape index (κ2) is 69.3. The summed E-state index contributed by atoms with van der Waals surface area (Å²) in [5, 5.41) is 0. The van der Waals surface area contributed by atoms with Gasteiger partial charge in [0, 0.05) is 19.3 Å². The molecule has 0 rings (SSSR count). The van der Waals surface area contributed by atoms with Gasteiger partial charge in [-0.15, -0.1) is 0 Å². The third-order valence-corrected chi connectivity index (χ3v) is 13.7. The van der Waals surface area contributed by atoms with E-state index < -0.39 is 6.10 Å². The van der Waals surface area contributed by atoms with Gasteiger partial charge >= 0.3 is 17.9 Å². The van der Waals surface area contributed by atoms with Crippen molar-refractivity contribution in [3.8, 4) is 0 Å². The van der Waals surface area contributed by atoms with E-state index in [9.17, 15) is 14.4 Å². The molecule has 0 aromatic carbocycles. The Bertz CT molecular complexity index is 1890. The van der Waals surface area contributed by atoms with E-state index in [1.165, 1.54) is 57.8 Å². The van der Waals surface area contributed by atoms with Crippen molar-refractivity contribution in [3.05, 3.63) is 170 Å². The molecule has 0 aliphatic carbocycles. The molecule has 0 aliphatic rings. The number of rotatable bonds is 59. The number of carbonyl (C=O) groups is 3. The molecule has 0 bridgehead atoms. The molecule has 466 valence electrons. The third kappa shape index (κ3) is 67.4. The Morgan fingerprint density at radius 2 is 0.470 bits per heavy atom. The molecular weight excluding hydrogens is 1020 g/mol. The first-order valence-corrected chi connectivity index (χ1v) is 33.6. The van der Waals surface area contributed by atoms with E-state index in [0.29, 0.717) is 19.3 Å². The fraction of sp³-hybridized carbons (Fsp3) is 0.597. The molecule has 0 saturated carbocycles. The summed E-state index contributed by atoms with van der Waals surface area (Å²) in [6.45, 7) is 6.31. The predicted octanol–water partition coefficient (Wildman–Crippen LogP) is 23.4. The number of carbonyl (C=O) groups excluding carboxylic acids is 3. The van der Waals surface area contributed by atoms with Gasteiger partial charge in [0.15, 0.2) is 6.10 Å². The Balaban J connectivity index is 4.42. The molecule has 0 aliphatic heterocycles. The minimum Gasteiger partial charge on any atom is -0.462 e. The van der Waals surface area contributed by atoms with Crippen molar-refractivity contribution < 1.29 is 28.6 Å². The lowest BCUT2D eigenvalue weighted by molar-refractivity contribution is -0.167. The van der Waals surface area contributed by atoms with Gasteiger partial charge in [0.1, 0.15) is 13.2 Å². The zero-order valence-corrected chi connectivity index (χ0v) is 53.4. The number of ether oxygens (including phenoxy) is 3. The molecule has 0 amide bonds. The summed E-state index contributed by atoms with van der Waals surface area (Å²) in [4.78, 5) is 38.4. The van der Waals surface area contributed by atoms with Crippen LogP contribution in [0.1, 0.15) is 278 Å². The minimum atomic E-state index is -0.808. The van der Waals surface area contributed by atoms with Crippen molar-refractivity contribution in [2.75, 3.05) is 13.2 Å².